The molecule has 0 amide bonds. The summed E-state index contributed by atoms with van der Waals surface area (Å²) in [6, 6.07) is 21.9. The van der Waals surface area contributed by atoms with Crippen LogP contribution in [0.1, 0.15) is 11.1 Å². The van der Waals surface area contributed by atoms with Crippen molar-refractivity contribution in [2.75, 3.05) is 0 Å². The molecule has 0 aliphatic heterocycles. The van der Waals surface area contributed by atoms with Crippen molar-refractivity contribution in [1.82, 2.24) is 14.2 Å². The molecule has 0 fully saturated rings. The van der Waals surface area contributed by atoms with Crippen molar-refractivity contribution in [3.8, 4) is 11.4 Å². The zero-order valence-electron chi connectivity index (χ0n) is 15.8. The van der Waals surface area contributed by atoms with Crippen LogP contribution in [0.15, 0.2) is 77.6 Å². The number of nitrogens with one attached hydrogen (secondary N) is 1. The number of benzene rings is 3. The van der Waals surface area contributed by atoms with Crippen molar-refractivity contribution >= 4 is 16.6 Å². The van der Waals surface area contributed by atoms with Gasteiger partial charge in [-0.1, -0.05) is 42.0 Å². The van der Waals surface area contributed by atoms with Crippen LogP contribution in [-0.2, 0) is 6.54 Å². The van der Waals surface area contributed by atoms with Gasteiger partial charge >= 0.3 is 11.5 Å². The van der Waals surface area contributed by atoms with E-state index in [-0.39, 0.29) is 11.5 Å². The predicted octanol–water partition coefficient (Wildman–Crippen LogP) is 3.63. The molecular formula is C23H18FN4O+. The summed E-state index contributed by atoms with van der Waals surface area (Å²) in [6.07, 6.45) is 0. The van der Waals surface area contributed by atoms with Gasteiger partial charge in [-0.2, -0.15) is 0 Å². The summed E-state index contributed by atoms with van der Waals surface area (Å²) in [4.78, 5) is 16.6. The van der Waals surface area contributed by atoms with Crippen LogP contribution in [0.25, 0.3) is 27.9 Å². The van der Waals surface area contributed by atoms with E-state index in [0.29, 0.717) is 18.0 Å². The van der Waals surface area contributed by atoms with Gasteiger partial charge in [-0.05, 0) is 53.4 Å². The lowest BCUT2D eigenvalue weighted by Gasteiger charge is -2.08. The van der Waals surface area contributed by atoms with Crippen molar-refractivity contribution in [1.29, 1.82) is 0 Å². The number of hydrogen-bond donors (Lipinski definition) is 0. The van der Waals surface area contributed by atoms with Crippen molar-refractivity contribution in [2.24, 2.45) is 0 Å². The molecule has 1 N–H and O–H groups in total. The predicted molar refractivity (Wildman–Crippen MR) is 109 cm³/mol. The molecule has 0 spiro atoms. The second-order valence-corrected chi connectivity index (χ2v) is 7.11. The number of aromatic amines is 1. The van der Waals surface area contributed by atoms with Gasteiger partial charge in [-0.25, -0.2) is 14.2 Å². The Balaban J connectivity index is 1.74. The lowest BCUT2D eigenvalue weighted by molar-refractivity contribution is -0.331. The van der Waals surface area contributed by atoms with Gasteiger partial charge in [0.2, 0.25) is 0 Å². The van der Waals surface area contributed by atoms with Crippen LogP contribution < -0.4 is 10.7 Å². The fourth-order valence-corrected chi connectivity index (χ4v) is 3.55. The van der Waals surface area contributed by atoms with E-state index in [1.165, 1.54) is 16.6 Å². The zero-order valence-corrected chi connectivity index (χ0v) is 15.8. The van der Waals surface area contributed by atoms with E-state index in [0.717, 1.165) is 27.6 Å². The van der Waals surface area contributed by atoms with Gasteiger partial charge in [0.05, 0.1) is 28.1 Å². The van der Waals surface area contributed by atoms with Crippen molar-refractivity contribution in [2.45, 2.75) is 13.5 Å². The molecule has 2 aromatic heterocycles. The summed E-state index contributed by atoms with van der Waals surface area (Å²) < 4.78 is 16.3. The highest BCUT2D eigenvalue weighted by Crippen LogP contribution is 2.19. The Labute approximate surface area is 165 Å². The van der Waals surface area contributed by atoms with Crippen LogP contribution in [0.5, 0.6) is 0 Å². The Bertz CT molecular complexity index is 1400. The third kappa shape index (κ3) is 2.99. The molecule has 5 nitrogen and oxygen atoms in total. The second-order valence-electron chi connectivity index (χ2n) is 7.11. The number of aryl methyl sites for hydroxylation is 1. The van der Waals surface area contributed by atoms with Gasteiger partial charge < -0.3 is 0 Å². The number of fused-ring (bicyclic) bond motifs is 3. The van der Waals surface area contributed by atoms with Crippen molar-refractivity contribution in [3.63, 3.8) is 0 Å². The molecule has 0 atom stereocenters. The van der Waals surface area contributed by atoms with Crippen LogP contribution >= 0.6 is 0 Å². The quantitative estimate of drug-likeness (QED) is 0.476. The van der Waals surface area contributed by atoms with E-state index in [4.69, 9.17) is 0 Å². The first-order valence-electron chi connectivity index (χ1n) is 9.35. The molecule has 0 aliphatic carbocycles. The fourth-order valence-electron chi connectivity index (χ4n) is 3.55. The lowest BCUT2D eigenvalue weighted by atomic mass is 10.1. The van der Waals surface area contributed by atoms with Gasteiger partial charge in [0, 0.05) is 0 Å². The highest BCUT2D eigenvalue weighted by atomic mass is 19.1. The standard InChI is InChI=1S/C23H17FN4O/c1-15-6-10-17(11-7-15)21-25-22-19-4-2-3-5-20(19)27(23(29)28(22)26-21)14-16-8-12-18(24)13-9-16/h2-13H,14H2,1H3/p+1. The molecule has 0 saturated carbocycles. The largest absolute Gasteiger partial charge is 0.423 e. The number of halogens is 1. The summed E-state index contributed by atoms with van der Waals surface area (Å²) in [5.41, 5.74) is 4.10. The van der Waals surface area contributed by atoms with Gasteiger partial charge in [0.15, 0.2) is 0 Å². The minimum absolute atomic E-state index is 0.252. The second kappa shape index (κ2) is 6.67. The van der Waals surface area contributed by atoms with Crippen LogP contribution in [-0.4, -0.2) is 14.2 Å². The van der Waals surface area contributed by atoms with E-state index in [9.17, 15) is 9.18 Å². The number of aromatic nitrogens is 4. The highest BCUT2D eigenvalue weighted by molar-refractivity contribution is 5.90. The number of rotatable bonds is 3. The van der Waals surface area contributed by atoms with Gasteiger partial charge in [-0.15, -0.1) is 0 Å². The molecule has 29 heavy (non-hydrogen) atoms. The van der Waals surface area contributed by atoms with E-state index in [2.05, 4.69) is 10.1 Å². The van der Waals surface area contributed by atoms with Crippen LogP contribution in [0.4, 0.5) is 4.39 Å². The topological polar surface area (TPSA) is 53.4 Å². The average molecular weight is 385 g/mol. The molecule has 5 aromatic rings. The van der Waals surface area contributed by atoms with Crippen LogP contribution in [0.2, 0.25) is 0 Å². The first-order chi connectivity index (χ1) is 14.1. The molecule has 0 saturated heterocycles. The number of para-hydroxylation sites is 1. The van der Waals surface area contributed by atoms with Crippen molar-refractivity contribution < 1.29 is 9.37 Å². The Kier molecular flexibility index (Phi) is 3.98. The molecule has 6 heteroatoms. The molecule has 142 valence electrons. The summed E-state index contributed by atoms with van der Waals surface area (Å²) in [6.45, 7) is 2.36. The Hall–Kier alpha value is -3.80. The third-order valence-electron chi connectivity index (χ3n) is 5.09. The zero-order chi connectivity index (χ0) is 20.0. The minimum atomic E-state index is -0.300. The van der Waals surface area contributed by atoms with Crippen LogP contribution in [0, 0.1) is 12.7 Å². The smallest absolute Gasteiger partial charge is 0.273 e. The minimum Gasteiger partial charge on any atom is -0.273 e. The van der Waals surface area contributed by atoms with E-state index < -0.39 is 0 Å². The highest BCUT2D eigenvalue weighted by Gasteiger charge is 2.22. The van der Waals surface area contributed by atoms with Gasteiger partial charge in [0.25, 0.3) is 5.65 Å². The first-order valence-corrected chi connectivity index (χ1v) is 9.35. The summed E-state index contributed by atoms with van der Waals surface area (Å²) in [5.74, 6) is 0.331. The van der Waals surface area contributed by atoms with E-state index >= 15 is 0 Å². The van der Waals surface area contributed by atoms with Gasteiger partial charge in [-0.3, -0.25) is 4.57 Å². The normalized spacial score (nSPS) is 11.4. The first kappa shape index (κ1) is 17.3. The van der Waals surface area contributed by atoms with Gasteiger partial charge in [0.1, 0.15) is 5.82 Å². The fraction of sp³-hybridized carbons (Fsp3) is 0.0870. The van der Waals surface area contributed by atoms with E-state index in [1.807, 2.05) is 55.5 Å². The average Bonchev–Trinajstić information content (AvgIpc) is 3.19. The Morgan fingerprint density at radius 2 is 1.69 bits per heavy atom. The summed E-state index contributed by atoms with van der Waals surface area (Å²) in [5, 5.41) is 5.44. The molecule has 0 unspecified atom stereocenters. The van der Waals surface area contributed by atoms with Crippen molar-refractivity contribution in [3.05, 3.63) is 100 Å². The monoisotopic (exact) mass is 385 g/mol. The summed E-state index contributed by atoms with van der Waals surface area (Å²) >= 11 is 0. The molecule has 0 aliphatic rings. The molecule has 0 bridgehead atoms. The lowest BCUT2D eigenvalue weighted by Crippen LogP contribution is -2.29. The SMILES string of the molecule is Cc1ccc(-c2nn3c(=O)n(Cc4ccc(F)cc4)c4ccccc4c3[nH+]2)cc1. The maximum atomic E-state index is 13.3. The molecular weight excluding hydrogens is 367 g/mol. The maximum Gasteiger partial charge on any atom is 0.423 e. The Morgan fingerprint density at radius 3 is 2.45 bits per heavy atom. The van der Waals surface area contributed by atoms with Crippen LogP contribution in [0.3, 0.4) is 0 Å². The molecule has 0 radical (unpaired) electrons. The Morgan fingerprint density at radius 1 is 0.966 bits per heavy atom. The molecule has 3 aromatic carbocycles. The summed E-state index contributed by atoms with van der Waals surface area (Å²) in [7, 11) is 0. The number of nitrogens with zero attached hydrogens (tertiary/aromatic N) is 3. The number of hydrogen-bond acceptors (Lipinski definition) is 2. The maximum absolute atomic E-state index is 13.3. The third-order valence-corrected chi connectivity index (χ3v) is 5.09. The van der Waals surface area contributed by atoms with E-state index in [1.54, 1.807) is 16.7 Å². The number of H-pyrrole nitrogens is 1. The molecule has 2 heterocycles. The molecule has 5 rings (SSSR count).